The first-order chi connectivity index (χ1) is 10.6. The maximum Gasteiger partial charge on any atom is 1.00 e. The van der Waals surface area contributed by atoms with Gasteiger partial charge in [0.2, 0.25) is 0 Å². The van der Waals surface area contributed by atoms with E-state index in [4.69, 9.17) is 0 Å². The molecule has 126 valence electrons. The molecule has 0 aliphatic carbocycles. The van der Waals surface area contributed by atoms with Gasteiger partial charge in [-0.1, -0.05) is 59.7 Å². The molecule has 5 heteroatoms. The Labute approximate surface area is 167 Å². The first-order valence-electron chi connectivity index (χ1n) is 8.11. The van der Waals surface area contributed by atoms with E-state index in [0.717, 1.165) is 10.9 Å². The standard InChI is InChI=1S/C19H26O3S.Na/c1-11(2)15-10-14-8-7-9-16(23(20,21)22)19(14)18(13(5)6)17(15)12(3)4;/h7-13H,1-6H3,(H,20,21,22);/q;+1/p-1. The summed E-state index contributed by atoms with van der Waals surface area (Å²) < 4.78 is 35.3. The predicted molar refractivity (Wildman–Crippen MR) is 94.2 cm³/mol. The van der Waals surface area contributed by atoms with Crippen molar-refractivity contribution in [3.05, 3.63) is 41.0 Å². The molecule has 0 unspecified atom stereocenters. The summed E-state index contributed by atoms with van der Waals surface area (Å²) in [4.78, 5) is -0.101. The van der Waals surface area contributed by atoms with Crippen molar-refractivity contribution >= 4 is 20.9 Å². The number of hydrogen-bond donors (Lipinski definition) is 0. The van der Waals surface area contributed by atoms with Crippen LogP contribution in [0.25, 0.3) is 10.8 Å². The van der Waals surface area contributed by atoms with Crippen molar-refractivity contribution in [2.24, 2.45) is 0 Å². The Morgan fingerprint density at radius 3 is 1.83 bits per heavy atom. The van der Waals surface area contributed by atoms with Crippen LogP contribution in [0.5, 0.6) is 0 Å². The van der Waals surface area contributed by atoms with E-state index in [9.17, 15) is 13.0 Å². The molecule has 0 atom stereocenters. The third-order valence-electron chi connectivity index (χ3n) is 4.29. The van der Waals surface area contributed by atoms with Crippen LogP contribution in [0, 0.1) is 0 Å². The van der Waals surface area contributed by atoms with Gasteiger partial charge < -0.3 is 4.55 Å². The molecule has 0 aliphatic heterocycles. The molecule has 3 nitrogen and oxygen atoms in total. The molecule has 0 radical (unpaired) electrons. The third kappa shape index (κ3) is 4.05. The molecule has 0 spiro atoms. The zero-order chi connectivity index (χ0) is 17.5. The second kappa shape index (κ2) is 7.88. The Bertz CT molecular complexity index is 837. The predicted octanol–water partition coefficient (Wildman–Crippen LogP) is 2.12. The minimum atomic E-state index is -4.51. The van der Waals surface area contributed by atoms with Gasteiger partial charge in [0, 0.05) is 5.39 Å². The first kappa shape index (κ1) is 21.7. The molecule has 0 fully saturated rings. The van der Waals surface area contributed by atoms with E-state index >= 15 is 0 Å². The number of fused-ring (bicyclic) bond motifs is 1. The average molecular weight is 356 g/mol. The fourth-order valence-electron chi connectivity index (χ4n) is 3.42. The molecular weight excluding hydrogens is 331 g/mol. The van der Waals surface area contributed by atoms with E-state index in [0.29, 0.717) is 11.3 Å². The van der Waals surface area contributed by atoms with Crippen LogP contribution in [0.1, 0.15) is 76.0 Å². The van der Waals surface area contributed by atoms with Crippen LogP contribution in [0.4, 0.5) is 0 Å². The summed E-state index contributed by atoms with van der Waals surface area (Å²) in [7, 11) is -4.51. The Balaban J connectivity index is 0.00000288. The molecule has 0 saturated carbocycles. The van der Waals surface area contributed by atoms with Gasteiger partial charge in [0.15, 0.2) is 0 Å². The Hall–Kier alpha value is -0.390. The van der Waals surface area contributed by atoms with Gasteiger partial charge in [-0.15, -0.1) is 0 Å². The van der Waals surface area contributed by atoms with Crippen LogP contribution in [0.2, 0.25) is 0 Å². The summed E-state index contributed by atoms with van der Waals surface area (Å²) in [6.45, 7) is 12.6. The SMILES string of the molecule is CC(C)c1cc2cccc(S(=O)(=O)[O-])c2c(C(C)C)c1C(C)C.[Na+]. The molecule has 0 heterocycles. The Kier molecular flexibility index (Phi) is 7.11. The van der Waals surface area contributed by atoms with Crippen LogP contribution in [0.3, 0.4) is 0 Å². The first-order valence-corrected chi connectivity index (χ1v) is 9.51. The van der Waals surface area contributed by atoms with Gasteiger partial charge in [-0.05, 0) is 45.9 Å². The van der Waals surface area contributed by atoms with Crippen molar-refractivity contribution in [3.8, 4) is 0 Å². The third-order valence-corrected chi connectivity index (χ3v) is 5.16. The van der Waals surface area contributed by atoms with E-state index in [-0.39, 0.29) is 46.3 Å². The molecule has 0 aromatic heterocycles. The summed E-state index contributed by atoms with van der Waals surface area (Å²) in [5.74, 6) is 0.731. The van der Waals surface area contributed by atoms with Crippen LogP contribution in [-0.2, 0) is 10.1 Å². The van der Waals surface area contributed by atoms with Crippen molar-refractivity contribution in [2.75, 3.05) is 0 Å². The van der Waals surface area contributed by atoms with Crippen molar-refractivity contribution in [1.29, 1.82) is 0 Å². The van der Waals surface area contributed by atoms with Gasteiger partial charge in [0.25, 0.3) is 0 Å². The molecule has 0 N–H and O–H groups in total. The quantitative estimate of drug-likeness (QED) is 0.623. The van der Waals surface area contributed by atoms with Crippen LogP contribution in [0.15, 0.2) is 29.2 Å². The van der Waals surface area contributed by atoms with Gasteiger partial charge in [0.05, 0.1) is 4.90 Å². The van der Waals surface area contributed by atoms with Crippen molar-refractivity contribution in [2.45, 2.75) is 64.2 Å². The van der Waals surface area contributed by atoms with Crippen molar-refractivity contribution in [1.82, 2.24) is 0 Å². The van der Waals surface area contributed by atoms with Gasteiger partial charge in [0.1, 0.15) is 10.1 Å². The fourth-order valence-corrected chi connectivity index (χ4v) is 4.15. The van der Waals surface area contributed by atoms with Gasteiger partial charge in [-0.2, -0.15) is 0 Å². The molecule has 0 bridgehead atoms. The second-order valence-electron chi connectivity index (χ2n) is 7.07. The zero-order valence-corrected chi connectivity index (χ0v) is 18.5. The van der Waals surface area contributed by atoms with E-state index < -0.39 is 10.1 Å². The smallest absolute Gasteiger partial charge is 0.744 e. The normalized spacial score (nSPS) is 12.2. The summed E-state index contributed by atoms with van der Waals surface area (Å²) >= 11 is 0. The van der Waals surface area contributed by atoms with Crippen molar-refractivity contribution in [3.63, 3.8) is 0 Å². The number of hydrogen-bond acceptors (Lipinski definition) is 3. The van der Waals surface area contributed by atoms with E-state index in [2.05, 4.69) is 47.6 Å². The fraction of sp³-hybridized carbons (Fsp3) is 0.474. The number of benzene rings is 2. The molecule has 2 aromatic rings. The Morgan fingerprint density at radius 1 is 0.875 bits per heavy atom. The monoisotopic (exact) mass is 356 g/mol. The molecule has 0 saturated heterocycles. The summed E-state index contributed by atoms with van der Waals surface area (Å²) in [6.07, 6.45) is 0. The average Bonchev–Trinajstić information content (AvgIpc) is 2.42. The van der Waals surface area contributed by atoms with Gasteiger partial charge in [-0.25, -0.2) is 8.42 Å². The summed E-state index contributed by atoms with van der Waals surface area (Å²) in [6, 6.07) is 7.02. The molecular formula is C19H25NaO3S. The topological polar surface area (TPSA) is 57.2 Å². The van der Waals surface area contributed by atoms with Crippen LogP contribution >= 0.6 is 0 Å². The molecule has 2 rings (SSSR count). The Morgan fingerprint density at radius 2 is 1.42 bits per heavy atom. The zero-order valence-electron chi connectivity index (χ0n) is 15.7. The van der Waals surface area contributed by atoms with Crippen LogP contribution < -0.4 is 29.6 Å². The van der Waals surface area contributed by atoms with E-state index in [1.165, 1.54) is 17.2 Å². The minimum Gasteiger partial charge on any atom is -0.744 e. The van der Waals surface area contributed by atoms with E-state index in [1.807, 2.05) is 6.07 Å². The summed E-state index contributed by atoms with van der Waals surface area (Å²) in [5.41, 5.74) is 3.41. The van der Waals surface area contributed by atoms with Crippen LogP contribution in [-0.4, -0.2) is 13.0 Å². The maximum absolute atomic E-state index is 11.8. The molecule has 0 amide bonds. The second-order valence-corrected chi connectivity index (χ2v) is 8.41. The molecule has 0 aliphatic rings. The largest absolute Gasteiger partial charge is 1.00 e. The minimum absolute atomic E-state index is 0. The molecule has 2 aromatic carbocycles. The van der Waals surface area contributed by atoms with Gasteiger partial charge in [-0.3, -0.25) is 0 Å². The summed E-state index contributed by atoms with van der Waals surface area (Å²) in [5, 5.41) is 1.43. The molecule has 24 heavy (non-hydrogen) atoms. The number of rotatable bonds is 4. The van der Waals surface area contributed by atoms with Gasteiger partial charge >= 0.3 is 29.6 Å². The van der Waals surface area contributed by atoms with E-state index in [1.54, 1.807) is 6.07 Å². The maximum atomic E-state index is 11.8. The van der Waals surface area contributed by atoms with Crippen molar-refractivity contribution < 1.29 is 42.5 Å².